The highest BCUT2D eigenvalue weighted by Crippen LogP contribution is 2.30. The van der Waals surface area contributed by atoms with Gasteiger partial charge in [-0.15, -0.1) is 0 Å². The second kappa shape index (κ2) is 2.65. The van der Waals surface area contributed by atoms with Crippen LogP contribution in [0.25, 0.3) is 0 Å². The second-order valence-electron chi connectivity index (χ2n) is 2.50. The normalized spacial score (nSPS) is 27.0. The van der Waals surface area contributed by atoms with Gasteiger partial charge in [0, 0.05) is 3.58 Å². The molecule has 1 atom stereocenters. The second-order valence-corrected chi connectivity index (χ2v) is 3.75. The molecule has 1 unspecified atom stereocenters. The fourth-order valence-corrected chi connectivity index (χ4v) is 2.06. The van der Waals surface area contributed by atoms with E-state index in [1.165, 1.54) is 12.2 Å². The molecule has 0 saturated carbocycles. The number of hydrogen-bond donors (Lipinski definition) is 1. The van der Waals surface area contributed by atoms with Crippen LogP contribution in [0, 0.1) is 5.92 Å². The predicted octanol–water partition coefficient (Wildman–Crippen LogP) is 1.27. The molecule has 1 amide bonds. The van der Waals surface area contributed by atoms with Crippen molar-refractivity contribution in [1.82, 2.24) is 5.43 Å². The van der Waals surface area contributed by atoms with Crippen LogP contribution in [-0.4, -0.2) is 11.6 Å². The molecule has 0 bridgehead atoms. The smallest absolute Gasteiger partial charge is 0.254 e. The maximum Gasteiger partial charge on any atom is 0.254 e. The molecule has 0 spiro atoms. The zero-order valence-electron chi connectivity index (χ0n) is 5.84. The summed E-state index contributed by atoms with van der Waals surface area (Å²) in [5.74, 6) is -0.926. The quantitative estimate of drug-likeness (QED) is 0.666. The van der Waals surface area contributed by atoms with E-state index in [4.69, 9.17) is 0 Å². The summed E-state index contributed by atoms with van der Waals surface area (Å²) < 4.78 is 13.4. The molecule has 0 aromatic rings. The Balaban J connectivity index is 2.46. The van der Waals surface area contributed by atoms with Crippen LogP contribution in [0.1, 0.15) is 0 Å². The summed E-state index contributed by atoms with van der Waals surface area (Å²) >= 11 is 1.94. The highest BCUT2D eigenvalue weighted by molar-refractivity contribution is 14.1. The van der Waals surface area contributed by atoms with E-state index in [-0.39, 0.29) is 17.7 Å². The van der Waals surface area contributed by atoms with Gasteiger partial charge in [0.25, 0.3) is 5.91 Å². The summed E-state index contributed by atoms with van der Waals surface area (Å²) in [6.45, 7) is 0. The van der Waals surface area contributed by atoms with Crippen LogP contribution < -0.4 is 5.43 Å². The van der Waals surface area contributed by atoms with Crippen molar-refractivity contribution in [2.45, 2.75) is 0 Å². The minimum absolute atomic E-state index is 0.186. The lowest BCUT2D eigenvalue weighted by atomic mass is 9.99. The van der Waals surface area contributed by atoms with Crippen LogP contribution in [0.4, 0.5) is 4.39 Å². The van der Waals surface area contributed by atoms with E-state index < -0.39 is 0 Å². The molecule has 0 aromatic carbocycles. The van der Waals surface area contributed by atoms with Crippen molar-refractivity contribution in [3.05, 3.63) is 21.6 Å². The van der Waals surface area contributed by atoms with Gasteiger partial charge in [-0.25, -0.2) is 9.82 Å². The fourth-order valence-electron chi connectivity index (χ4n) is 1.16. The van der Waals surface area contributed by atoms with E-state index in [0.29, 0.717) is 9.29 Å². The number of hydrazone groups is 1. The first-order valence-corrected chi connectivity index (χ1v) is 4.38. The Morgan fingerprint density at radius 3 is 3.08 bits per heavy atom. The molecule has 5 heteroatoms. The number of fused-ring (bicyclic) bond motifs is 1. The third-order valence-corrected chi connectivity index (χ3v) is 2.62. The summed E-state index contributed by atoms with van der Waals surface area (Å²) in [7, 11) is 0. The molecule has 1 aliphatic heterocycles. The van der Waals surface area contributed by atoms with E-state index in [1.807, 2.05) is 22.6 Å². The Morgan fingerprint density at radius 1 is 1.58 bits per heavy atom. The van der Waals surface area contributed by atoms with Crippen LogP contribution in [0.3, 0.4) is 0 Å². The third-order valence-electron chi connectivity index (χ3n) is 1.69. The van der Waals surface area contributed by atoms with Crippen molar-refractivity contribution in [2.75, 3.05) is 0 Å². The number of hydrogen-bond acceptors (Lipinski definition) is 2. The van der Waals surface area contributed by atoms with Crippen molar-refractivity contribution in [3.63, 3.8) is 0 Å². The number of amides is 1. The minimum atomic E-state index is -0.384. The molecule has 1 heterocycles. The molecule has 1 N–H and O–H groups in total. The van der Waals surface area contributed by atoms with E-state index in [0.717, 1.165) is 0 Å². The lowest BCUT2D eigenvalue weighted by Gasteiger charge is -2.10. The molecule has 62 valence electrons. The maximum atomic E-state index is 12.8. The SMILES string of the molecule is O=C1NN=C2C=C(F)C=C(I)C12. The van der Waals surface area contributed by atoms with Crippen LogP contribution in [0.15, 0.2) is 26.7 Å². The zero-order chi connectivity index (χ0) is 8.72. The van der Waals surface area contributed by atoms with Crippen molar-refractivity contribution in [3.8, 4) is 0 Å². The van der Waals surface area contributed by atoms with E-state index in [2.05, 4.69) is 10.5 Å². The first-order chi connectivity index (χ1) is 5.68. The molecule has 0 aromatic heterocycles. The van der Waals surface area contributed by atoms with Gasteiger partial charge in [0.1, 0.15) is 11.7 Å². The monoisotopic (exact) mass is 278 g/mol. The summed E-state index contributed by atoms with van der Waals surface area (Å²) in [5, 5.41) is 3.69. The van der Waals surface area contributed by atoms with Gasteiger partial charge >= 0.3 is 0 Å². The van der Waals surface area contributed by atoms with E-state index >= 15 is 0 Å². The molecular formula is C7H4FIN2O. The summed E-state index contributed by atoms with van der Waals surface area (Å²) in [6, 6.07) is 0. The Bertz CT molecular complexity index is 345. The van der Waals surface area contributed by atoms with E-state index in [1.54, 1.807) is 0 Å². The van der Waals surface area contributed by atoms with Crippen molar-refractivity contribution < 1.29 is 9.18 Å². The Labute approximate surface area is 81.5 Å². The zero-order valence-corrected chi connectivity index (χ0v) is 8.00. The lowest BCUT2D eigenvalue weighted by molar-refractivity contribution is -0.121. The molecule has 1 aliphatic carbocycles. The Hall–Kier alpha value is -0.720. The largest absolute Gasteiger partial charge is 0.272 e. The first-order valence-electron chi connectivity index (χ1n) is 3.30. The first kappa shape index (κ1) is 7.90. The fraction of sp³-hybridized carbons (Fsp3) is 0.143. The van der Waals surface area contributed by atoms with Gasteiger partial charge in [0.15, 0.2) is 0 Å². The summed E-state index contributed by atoms with van der Waals surface area (Å²) in [5.41, 5.74) is 2.77. The van der Waals surface area contributed by atoms with Crippen molar-refractivity contribution >= 4 is 34.2 Å². The van der Waals surface area contributed by atoms with Gasteiger partial charge < -0.3 is 0 Å². The average molecular weight is 278 g/mol. The van der Waals surface area contributed by atoms with Crippen LogP contribution in [0.5, 0.6) is 0 Å². The predicted molar refractivity (Wildman–Crippen MR) is 50.4 cm³/mol. The maximum absolute atomic E-state index is 12.8. The minimum Gasteiger partial charge on any atom is -0.272 e. The molecular weight excluding hydrogens is 274 g/mol. The summed E-state index contributed by atoms with van der Waals surface area (Å²) in [6.07, 6.45) is 2.61. The third kappa shape index (κ3) is 1.08. The topological polar surface area (TPSA) is 41.5 Å². The number of rotatable bonds is 0. The number of carbonyl (C=O) groups excluding carboxylic acids is 1. The Kier molecular flexibility index (Phi) is 1.75. The molecule has 12 heavy (non-hydrogen) atoms. The van der Waals surface area contributed by atoms with Gasteiger partial charge in [-0.3, -0.25) is 4.79 Å². The molecule has 0 radical (unpaired) electrons. The number of carbonyl (C=O) groups is 1. The standard InChI is InChI=1S/C7H4FIN2O/c8-3-1-4(9)6-5(2-3)10-11-7(6)12/h1-2,6H,(H,11,12). The number of halogens is 2. The molecule has 2 aliphatic rings. The highest BCUT2D eigenvalue weighted by Gasteiger charge is 2.33. The summed E-state index contributed by atoms with van der Waals surface area (Å²) in [4.78, 5) is 11.1. The van der Waals surface area contributed by atoms with Crippen molar-refractivity contribution in [2.24, 2.45) is 11.0 Å². The van der Waals surface area contributed by atoms with Crippen LogP contribution in [-0.2, 0) is 4.79 Å². The Morgan fingerprint density at radius 2 is 2.33 bits per heavy atom. The molecule has 3 nitrogen and oxygen atoms in total. The van der Waals surface area contributed by atoms with E-state index in [9.17, 15) is 9.18 Å². The van der Waals surface area contributed by atoms with Crippen LogP contribution in [0.2, 0.25) is 0 Å². The average Bonchev–Trinajstić information content (AvgIpc) is 2.31. The number of nitrogens with zero attached hydrogens (tertiary/aromatic N) is 1. The van der Waals surface area contributed by atoms with Crippen LogP contribution >= 0.6 is 22.6 Å². The van der Waals surface area contributed by atoms with Gasteiger partial charge in [-0.05, 0) is 34.7 Å². The number of nitrogens with one attached hydrogen (secondary N) is 1. The van der Waals surface area contributed by atoms with Gasteiger partial charge in [0.05, 0.1) is 5.71 Å². The molecule has 0 fully saturated rings. The number of allylic oxidation sites excluding steroid dienone is 3. The highest BCUT2D eigenvalue weighted by atomic mass is 127. The van der Waals surface area contributed by atoms with Gasteiger partial charge in [0.2, 0.25) is 0 Å². The van der Waals surface area contributed by atoms with Crippen molar-refractivity contribution in [1.29, 1.82) is 0 Å². The molecule has 2 rings (SSSR count). The van der Waals surface area contributed by atoms with Gasteiger partial charge in [-0.1, -0.05) is 0 Å². The molecule has 0 saturated heterocycles. The lowest BCUT2D eigenvalue weighted by Crippen LogP contribution is -2.24. The van der Waals surface area contributed by atoms with Gasteiger partial charge in [-0.2, -0.15) is 5.10 Å².